The Hall–Kier alpha value is -0.0200. The number of halogens is 4. The molecule has 0 aliphatic heterocycles. The molecule has 0 amide bonds. The van der Waals surface area contributed by atoms with E-state index in [-0.39, 0.29) is 4.90 Å². The van der Waals surface area contributed by atoms with Crippen molar-refractivity contribution in [2.24, 2.45) is 0 Å². The average molecular weight is 507 g/mol. The van der Waals surface area contributed by atoms with Crippen LogP contribution in [0.25, 0.3) is 0 Å². The highest BCUT2D eigenvalue weighted by atomic mass is 127. The van der Waals surface area contributed by atoms with Crippen LogP contribution in [0.2, 0.25) is 10.0 Å². The molecule has 0 saturated carbocycles. The molecule has 0 aliphatic rings. The molecule has 0 fully saturated rings. The van der Waals surface area contributed by atoms with E-state index in [0.29, 0.717) is 23.8 Å². The lowest BCUT2D eigenvalue weighted by molar-refractivity contribution is 0.601. The lowest BCUT2D eigenvalue weighted by Gasteiger charge is -2.10. The molecule has 0 heterocycles. The van der Waals surface area contributed by atoms with Gasteiger partial charge in [-0.3, -0.25) is 4.72 Å². The van der Waals surface area contributed by atoms with Crippen LogP contribution in [0.1, 0.15) is 0 Å². The number of rotatable bonds is 3. The fraction of sp³-hybridized carbons (Fsp3) is 0. The van der Waals surface area contributed by atoms with Crippen LogP contribution in [0.15, 0.2) is 45.8 Å². The van der Waals surface area contributed by atoms with Gasteiger partial charge < -0.3 is 0 Å². The SMILES string of the molecule is O=S(=O)(Nc1ccc(Cl)cc1I)c1ccc(Cl)c(Br)c1. The van der Waals surface area contributed by atoms with Gasteiger partial charge in [0.05, 0.1) is 15.6 Å². The molecule has 106 valence electrons. The van der Waals surface area contributed by atoms with E-state index >= 15 is 0 Å². The molecule has 2 aromatic carbocycles. The number of sulfonamides is 1. The molecule has 0 bridgehead atoms. The summed E-state index contributed by atoms with van der Waals surface area (Å²) in [5.41, 5.74) is 0.473. The third kappa shape index (κ3) is 3.79. The van der Waals surface area contributed by atoms with Crippen molar-refractivity contribution in [1.29, 1.82) is 0 Å². The van der Waals surface area contributed by atoms with Crippen molar-refractivity contribution in [1.82, 2.24) is 0 Å². The predicted octanol–water partition coefficient (Wildman–Crippen LogP) is 5.16. The van der Waals surface area contributed by atoms with Gasteiger partial charge in [0, 0.05) is 13.1 Å². The van der Waals surface area contributed by atoms with Crippen molar-refractivity contribution in [3.8, 4) is 0 Å². The summed E-state index contributed by atoms with van der Waals surface area (Å²) in [6, 6.07) is 9.34. The van der Waals surface area contributed by atoms with E-state index < -0.39 is 10.0 Å². The lowest BCUT2D eigenvalue weighted by atomic mass is 10.3. The van der Waals surface area contributed by atoms with Crippen molar-refractivity contribution in [3.63, 3.8) is 0 Å². The van der Waals surface area contributed by atoms with Crippen LogP contribution in [0.4, 0.5) is 5.69 Å². The van der Waals surface area contributed by atoms with Crippen LogP contribution >= 0.6 is 61.7 Å². The van der Waals surface area contributed by atoms with Crippen LogP contribution in [0.3, 0.4) is 0 Å². The van der Waals surface area contributed by atoms with Crippen molar-refractivity contribution in [2.75, 3.05) is 4.72 Å². The molecule has 0 unspecified atom stereocenters. The highest BCUT2D eigenvalue weighted by Crippen LogP contribution is 2.28. The zero-order valence-electron chi connectivity index (χ0n) is 9.70. The normalized spacial score (nSPS) is 11.4. The maximum absolute atomic E-state index is 12.3. The van der Waals surface area contributed by atoms with Gasteiger partial charge in [-0.2, -0.15) is 0 Å². The number of hydrogen-bond acceptors (Lipinski definition) is 2. The summed E-state index contributed by atoms with van der Waals surface area (Å²) >= 11 is 16.9. The van der Waals surface area contributed by atoms with E-state index in [1.807, 2.05) is 22.6 Å². The number of anilines is 1. The quantitative estimate of drug-likeness (QED) is 0.584. The summed E-state index contributed by atoms with van der Waals surface area (Å²) in [6.45, 7) is 0. The number of hydrogen-bond donors (Lipinski definition) is 1. The Morgan fingerprint density at radius 2 is 1.80 bits per heavy atom. The second kappa shape index (κ2) is 6.39. The van der Waals surface area contributed by atoms with E-state index in [9.17, 15) is 8.42 Å². The summed E-state index contributed by atoms with van der Waals surface area (Å²) in [4.78, 5) is 0.125. The molecule has 0 aromatic heterocycles. The van der Waals surface area contributed by atoms with E-state index in [2.05, 4.69) is 20.7 Å². The molecule has 0 spiro atoms. The first-order valence-corrected chi connectivity index (χ1v) is 9.33. The molecular formula is C12H7BrCl2INO2S. The summed E-state index contributed by atoms with van der Waals surface area (Å²) < 4.78 is 28.3. The minimum Gasteiger partial charge on any atom is -0.279 e. The van der Waals surface area contributed by atoms with Gasteiger partial charge >= 0.3 is 0 Å². The fourth-order valence-corrected chi connectivity index (χ4v) is 4.36. The van der Waals surface area contributed by atoms with E-state index in [0.717, 1.165) is 0 Å². The molecule has 3 nitrogen and oxygen atoms in total. The van der Waals surface area contributed by atoms with Gasteiger partial charge in [0.15, 0.2) is 0 Å². The van der Waals surface area contributed by atoms with Crippen LogP contribution in [0, 0.1) is 3.57 Å². The first kappa shape index (κ1) is 16.4. The van der Waals surface area contributed by atoms with E-state index in [4.69, 9.17) is 23.2 Å². The van der Waals surface area contributed by atoms with Crippen LogP contribution in [-0.2, 0) is 10.0 Å². The number of nitrogens with one attached hydrogen (secondary N) is 1. The van der Waals surface area contributed by atoms with Crippen molar-refractivity contribution < 1.29 is 8.42 Å². The van der Waals surface area contributed by atoms with Crippen molar-refractivity contribution in [2.45, 2.75) is 4.90 Å². The molecular weight excluding hydrogens is 500 g/mol. The fourth-order valence-electron chi connectivity index (χ4n) is 1.42. The average Bonchev–Trinajstić information content (AvgIpc) is 2.36. The third-order valence-corrected chi connectivity index (χ3v) is 6.08. The third-order valence-electron chi connectivity index (χ3n) is 2.38. The molecule has 0 aliphatic carbocycles. The first-order valence-electron chi connectivity index (χ1n) is 5.22. The van der Waals surface area contributed by atoms with Crippen molar-refractivity contribution in [3.05, 3.63) is 54.5 Å². The molecule has 2 aromatic rings. The maximum atomic E-state index is 12.3. The summed E-state index contributed by atoms with van der Waals surface area (Å²) in [5.74, 6) is 0. The van der Waals surface area contributed by atoms with Gasteiger partial charge in [0.25, 0.3) is 10.0 Å². The Morgan fingerprint density at radius 3 is 2.40 bits per heavy atom. The molecule has 0 atom stereocenters. The molecule has 0 saturated heterocycles. The van der Waals surface area contributed by atoms with Gasteiger partial charge in [-0.25, -0.2) is 8.42 Å². The molecule has 0 radical (unpaired) electrons. The Kier molecular flexibility index (Phi) is 5.23. The second-order valence-electron chi connectivity index (χ2n) is 3.81. The maximum Gasteiger partial charge on any atom is 0.261 e. The minimum atomic E-state index is -3.67. The Bertz CT molecular complexity index is 768. The molecule has 20 heavy (non-hydrogen) atoms. The largest absolute Gasteiger partial charge is 0.279 e. The molecule has 8 heteroatoms. The van der Waals surface area contributed by atoms with Gasteiger partial charge in [-0.05, 0) is 74.9 Å². The van der Waals surface area contributed by atoms with Crippen LogP contribution < -0.4 is 4.72 Å². The number of benzene rings is 2. The summed E-state index contributed by atoms with van der Waals surface area (Å²) in [5, 5.41) is 0.997. The topological polar surface area (TPSA) is 46.2 Å². The molecule has 2 rings (SSSR count). The Morgan fingerprint density at radius 1 is 1.10 bits per heavy atom. The van der Waals surface area contributed by atoms with Crippen LogP contribution in [0.5, 0.6) is 0 Å². The minimum absolute atomic E-state index is 0.125. The monoisotopic (exact) mass is 505 g/mol. The highest BCUT2D eigenvalue weighted by Gasteiger charge is 2.16. The predicted molar refractivity (Wildman–Crippen MR) is 94.1 cm³/mol. The standard InChI is InChI=1S/C12H7BrCl2INO2S/c13-9-6-8(2-3-10(9)15)20(18,19)17-12-4-1-7(14)5-11(12)16/h1-6,17H. The zero-order valence-corrected chi connectivity index (χ0v) is 15.8. The summed E-state index contributed by atoms with van der Waals surface area (Å²) in [7, 11) is -3.67. The zero-order chi connectivity index (χ0) is 14.9. The highest BCUT2D eigenvalue weighted by molar-refractivity contribution is 14.1. The van der Waals surface area contributed by atoms with Crippen LogP contribution in [-0.4, -0.2) is 8.42 Å². The smallest absolute Gasteiger partial charge is 0.261 e. The van der Waals surface area contributed by atoms with E-state index in [1.54, 1.807) is 18.2 Å². The summed E-state index contributed by atoms with van der Waals surface area (Å²) in [6.07, 6.45) is 0. The van der Waals surface area contributed by atoms with Crippen molar-refractivity contribution >= 4 is 77.4 Å². The first-order chi connectivity index (χ1) is 9.29. The molecule has 1 N–H and O–H groups in total. The van der Waals surface area contributed by atoms with E-state index in [1.165, 1.54) is 18.2 Å². The Balaban J connectivity index is 2.38. The van der Waals surface area contributed by atoms with Gasteiger partial charge in [0.1, 0.15) is 0 Å². The lowest BCUT2D eigenvalue weighted by Crippen LogP contribution is -2.13. The van der Waals surface area contributed by atoms with Gasteiger partial charge in [-0.1, -0.05) is 23.2 Å². The second-order valence-corrected chi connectivity index (χ2v) is 8.35. The van der Waals surface area contributed by atoms with Gasteiger partial charge in [0.2, 0.25) is 0 Å². The Labute approximate surface area is 149 Å². The van der Waals surface area contributed by atoms with Gasteiger partial charge in [-0.15, -0.1) is 0 Å².